The Kier molecular flexibility index (Phi) is 3.13. The van der Waals surface area contributed by atoms with E-state index in [0.717, 1.165) is 5.92 Å². The van der Waals surface area contributed by atoms with Gasteiger partial charge in [0.05, 0.1) is 0 Å². The van der Waals surface area contributed by atoms with Crippen LogP contribution in [-0.4, -0.2) is 12.7 Å². The predicted octanol–water partition coefficient (Wildman–Crippen LogP) is 1.71. The van der Waals surface area contributed by atoms with Gasteiger partial charge in [0.25, 0.3) is 0 Å². The van der Waals surface area contributed by atoms with Crippen LogP contribution in [0.15, 0.2) is 0 Å². The lowest BCUT2D eigenvalue weighted by Crippen LogP contribution is -2.42. The van der Waals surface area contributed by atoms with Crippen LogP contribution in [0.25, 0.3) is 0 Å². The van der Waals surface area contributed by atoms with Crippen LogP contribution in [-0.2, 0) is 0 Å². The van der Waals surface area contributed by atoms with E-state index < -0.39 is 0 Å². The summed E-state index contributed by atoms with van der Waals surface area (Å²) in [6, 6.07) is 0.647. The molecule has 1 aliphatic carbocycles. The van der Waals surface area contributed by atoms with E-state index in [1.54, 1.807) is 0 Å². The first-order chi connectivity index (χ1) is 5.53. The summed E-state index contributed by atoms with van der Waals surface area (Å²) < 4.78 is 0. The maximum Gasteiger partial charge on any atom is 0.0430 e. The molecular formula is C10H22N2. The molecule has 12 heavy (non-hydrogen) atoms. The second-order valence-corrected chi connectivity index (χ2v) is 5.02. The number of nitrogens with two attached hydrogens (primary N) is 1. The van der Waals surface area contributed by atoms with Gasteiger partial charge in [0.2, 0.25) is 0 Å². The third kappa shape index (κ3) is 2.76. The molecule has 0 heterocycles. The van der Waals surface area contributed by atoms with Crippen molar-refractivity contribution in [2.24, 2.45) is 17.1 Å². The summed E-state index contributed by atoms with van der Waals surface area (Å²) >= 11 is 0. The molecule has 2 heteroatoms. The first-order valence-corrected chi connectivity index (χ1v) is 4.97. The second kappa shape index (κ2) is 3.75. The van der Waals surface area contributed by atoms with E-state index in [1.165, 1.54) is 19.3 Å². The van der Waals surface area contributed by atoms with Crippen molar-refractivity contribution < 1.29 is 0 Å². The zero-order valence-electron chi connectivity index (χ0n) is 8.56. The Hall–Kier alpha value is -0.0800. The van der Waals surface area contributed by atoms with E-state index in [9.17, 15) is 0 Å². The fourth-order valence-corrected chi connectivity index (χ4v) is 2.67. The lowest BCUT2D eigenvalue weighted by Gasteiger charge is -2.39. The molecule has 1 saturated carbocycles. The average Bonchev–Trinajstić information content (AvgIpc) is 1.82. The molecule has 0 radical (unpaired) electrons. The van der Waals surface area contributed by atoms with Crippen molar-refractivity contribution in [3.05, 3.63) is 0 Å². The first kappa shape index (κ1) is 10.0. The van der Waals surface area contributed by atoms with Crippen molar-refractivity contribution in [1.82, 2.24) is 5.32 Å². The van der Waals surface area contributed by atoms with Gasteiger partial charge in [-0.25, -0.2) is 0 Å². The van der Waals surface area contributed by atoms with Gasteiger partial charge in [-0.05, 0) is 30.6 Å². The van der Waals surface area contributed by atoms with Gasteiger partial charge in [0, 0.05) is 12.7 Å². The van der Waals surface area contributed by atoms with Crippen LogP contribution < -0.4 is 11.1 Å². The Morgan fingerprint density at radius 3 is 2.58 bits per heavy atom. The minimum absolute atomic E-state index is 0.504. The normalized spacial score (nSPS) is 35.0. The molecule has 72 valence electrons. The molecule has 1 rings (SSSR count). The highest BCUT2D eigenvalue weighted by Crippen LogP contribution is 2.38. The van der Waals surface area contributed by atoms with Crippen LogP contribution in [0.1, 0.15) is 40.0 Å². The predicted molar refractivity (Wildman–Crippen MR) is 52.8 cm³/mol. The SMILES string of the molecule is CC1CC(NCN)CC(C)(C)C1. The lowest BCUT2D eigenvalue weighted by molar-refractivity contribution is 0.152. The number of hydrogen-bond acceptors (Lipinski definition) is 2. The summed E-state index contributed by atoms with van der Waals surface area (Å²) in [5, 5.41) is 3.35. The summed E-state index contributed by atoms with van der Waals surface area (Å²) in [5.74, 6) is 0.845. The molecule has 0 aliphatic heterocycles. The van der Waals surface area contributed by atoms with Gasteiger partial charge < -0.3 is 11.1 Å². The summed E-state index contributed by atoms with van der Waals surface area (Å²) in [6.07, 6.45) is 3.92. The minimum atomic E-state index is 0.504. The molecule has 0 saturated heterocycles. The third-order valence-corrected chi connectivity index (χ3v) is 2.79. The number of hydrogen-bond donors (Lipinski definition) is 2. The molecule has 1 fully saturated rings. The van der Waals surface area contributed by atoms with Crippen LogP contribution in [0.3, 0.4) is 0 Å². The number of rotatable bonds is 2. The zero-order valence-corrected chi connectivity index (χ0v) is 8.56. The molecule has 2 nitrogen and oxygen atoms in total. The highest BCUT2D eigenvalue weighted by molar-refractivity contribution is 4.85. The van der Waals surface area contributed by atoms with E-state index in [1.807, 2.05) is 0 Å². The summed E-state index contributed by atoms with van der Waals surface area (Å²) in [6.45, 7) is 7.67. The molecule has 0 bridgehead atoms. The van der Waals surface area contributed by atoms with Crippen LogP contribution >= 0.6 is 0 Å². The van der Waals surface area contributed by atoms with Gasteiger partial charge in [0.1, 0.15) is 0 Å². The Morgan fingerprint density at radius 2 is 2.08 bits per heavy atom. The standard InChI is InChI=1S/C10H22N2/c1-8-4-9(12-7-11)6-10(2,3)5-8/h8-9,12H,4-7,11H2,1-3H3. The van der Waals surface area contributed by atoms with Crippen molar-refractivity contribution in [3.8, 4) is 0 Å². The molecule has 3 N–H and O–H groups in total. The topological polar surface area (TPSA) is 38.0 Å². The van der Waals surface area contributed by atoms with E-state index in [4.69, 9.17) is 5.73 Å². The first-order valence-electron chi connectivity index (χ1n) is 4.97. The van der Waals surface area contributed by atoms with Gasteiger partial charge >= 0.3 is 0 Å². The monoisotopic (exact) mass is 170 g/mol. The van der Waals surface area contributed by atoms with Gasteiger partial charge in [0.15, 0.2) is 0 Å². The average molecular weight is 170 g/mol. The quantitative estimate of drug-likeness (QED) is 0.619. The van der Waals surface area contributed by atoms with Crippen molar-refractivity contribution in [2.75, 3.05) is 6.67 Å². The largest absolute Gasteiger partial charge is 0.318 e. The van der Waals surface area contributed by atoms with Crippen LogP contribution in [0, 0.1) is 11.3 Å². The Morgan fingerprint density at radius 1 is 1.42 bits per heavy atom. The van der Waals surface area contributed by atoms with Gasteiger partial charge in [-0.3, -0.25) is 0 Å². The highest BCUT2D eigenvalue weighted by atomic mass is 15.0. The third-order valence-electron chi connectivity index (χ3n) is 2.79. The van der Waals surface area contributed by atoms with Crippen LogP contribution in [0.4, 0.5) is 0 Å². The highest BCUT2D eigenvalue weighted by Gasteiger charge is 2.31. The summed E-state index contributed by atoms with van der Waals surface area (Å²) in [4.78, 5) is 0. The molecule has 0 aromatic rings. The molecular weight excluding hydrogens is 148 g/mol. The van der Waals surface area contributed by atoms with Gasteiger partial charge in [-0.1, -0.05) is 20.8 Å². The maximum atomic E-state index is 5.48. The van der Waals surface area contributed by atoms with Gasteiger partial charge in [-0.2, -0.15) is 0 Å². The Balaban J connectivity index is 2.46. The molecule has 0 aromatic heterocycles. The van der Waals surface area contributed by atoms with Crippen LogP contribution in [0.5, 0.6) is 0 Å². The van der Waals surface area contributed by atoms with E-state index in [2.05, 4.69) is 26.1 Å². The van der Waals surface area contributed by atoms with E-state index >= 15 is 0 Å². The summed E-state index contributed by atoms with van der Waals surface area (Å²) in [5.41, 5.74) is 5.99. The molecule has 0 aromatic carbocycles. The van der Waals surface area contributed by atoms with Crippen molar-refractivity contribution >= 4 is 0 Å². The number of nitrogens with one attached hydrogen (secondary N) is 1. The van der Waals surface area contributed by atoms with Crippen molar-refractivity contribution in [3.63, 3.8) is 0 Å². The fourth-order valence-electron chi connectivity index (χ4n) is 2.67. The minimum Gasteiger partial charge on any atom is -0.318 e. The lowest BCUT2D eigenvalue weighted by atomic mass is 9.71. The molecule has 2 unspecified atom stereocenters. The Labute approximate surface area is 75.9 Å². The second-order valence-electron chi connectivity index (χ2n) is 5.02. The smallest absolute Gasteiger partial charge is 0.0430 e. The summed E-state index contributed by atoms with van der Waals surface area (Å²) in [7, 11) is 0. The fraction of sp³-hybridized carbons (Fsp3) is 1.00. The van der Waals surface area contributed by atoms with E-state index in [0.29, 0.717) is 18.1 Å². The van der Waals surface area contributed by atoms with Gasteiger partial charge in [-0.15, -0.1) is 0 Å². The molecule has 2 atom stereocenters. The molecule has 0 spiro atoms. The molecule has 1 aliphatic rings. The maximum absolute atomic E-state index is 5.48. The van der Waals surface area contributed by atoms with Crippen molar-refractivity contribution in [2.45, 2.75) is 46.1 Å². The molecule has 0 amide bonds. The zero-order chi connectivity index (χ0) is 9.19. The van der Waals surface area contributed by atoms with Crippen molar-refractivity contribution in [1.29, 1.82) is 0 Å². The van der Waals surface area contributed by atoms with Crippen LogP contribution in [0.2, 0.25) is 0 Å². The van der Waals surface area contributed by atoms with E-state index in [-0.39, 0.29) is 0 Å². The Bertz CT molecular complexity index is 143.